The van der Waals surface area contributed by atoms with E-state index in [1.54, 1.807) is 42.3 Å². The van der Waals surface area contributed by atoms with E-state index < -0.39 is 7.60 Å². The molecule has 0 saturated heterocycles. The van der Waals surface area contributed by atoms with E-state index in [1.165, 1.54) is 0 Å². The molecule has 0 spiro atoms. The van der Waals surface area contributed by atoms with Crippen LogP contribution in [0.4, 0.5) is 0 Å². The van der Waals surface area contributed by atoms with Gasteiger partial charge in [-0.1, -0.05) is 5.21 Å². The minimum atomic E-state index is -3.83. The van der Waals surface area contributed by atoms with Gasteiger partial charge in [-0.15, -0.1) is 5.10 Å². The number of aromatic nitrogens is 3. The summed E-state index contributed by atoms with van der Waals surface area (Å²) in [5.74, 6) is 1.04. The van der Waals surface area contributed by atoms with Gasteiger partial charge in [-0.2, -0.15) is 0 Å². The van der Waals surface area contributed by atoms with E-state index in [1.807, 2.05) is 26.0 Å². The Balaban J connectivity index is 0.00000261. The summed E-state index contributed by atoms with van der Waals surface area (Å²) in [6.45, 7) is 5.05. The average molecular weight is 395 g/mol. The SMILES string of the molecule is COc1cc(-n2nncc2-c2ccc(OP(C)(=O)[O-])cc2)cc(C)c1C.[Na+]. The zero-order chi connectivity index (χ0) is 18.9. The standard InChI is InChI=1S/C18H20N3O4P.Na/c1-12-9-15(10-18(24-3)13(12)2)21-17(11-19-20-21)14-5-7-16(8-6-14)25-26(4,22)23;/h5-11H,1-4H3,(H,22,23);/q;+1/p-1. The van der Waals surface area contributed by atoms with Gasteiger partial charge in [-0.3, -0.25) is 4.57 Å². The summed E-state index contributed by atoms with van der Waals surface area (Å²) < 4.78 is 23.3. The van der Waals surface area contributed by atoms with Gasteiger partial charge in [-0.25, -0.2) is 4.68 Å². The van der Waals surface area contributed by atoms with Crippen LogP contribution in [0.5, 0.6) is 11.5 Å². The number of hydrogen-bond donors (Lipinski definition) is 0. The monoisotopic (exact) mass is 395 g/mol. The second-order valence-corrected chi connectivity index (χ2v) is 7.73. The van der Waals surface area contributed by atoms with Crippen LogP contribution in [0.25, 0.3) is 16.9 Å². The van der Waals surface area contributed by atoms with Gasteiger partial charge in [0, 0.05) is 18.3 Å². The predicted octanol–water partition coefficient (Wildman–Crippen LogP) is 0.126. The van der Waals surface area contributed by atoms with Gasteiger partial charge >= 0.3 is 29.6 Å². The summed E-state index contributed by atoms with van der Waals surface area (Å²) in [6.07, 6.45) is 1.65. The molecule has 1 heterocycles. The normalized spacial score (nSPS) is 12.8. The molecule has 0 amide bonds. The summed E-state index contributed by atoms with van der Waals surface area (Å²) in [7, 11) is -2.20. The summed E-state index contributed by atoms with van der Waals surface area (Å²) in [4.78, 5) is 11.2. The number of ether oxygens (including phenoxy) is 1. The molecule has 0 aliphatic heterocycles. The van der Waals surface area contributed by atoms with Gasteiger partial charge in [0.25, 0.3) is 0 Å². The Labute approximate surface area is 180 Å². The first-order chi connectivity index (χ1) is 12.3. The fourth-order valence-electron chi connectivity index (χ4n) is 2.64. The maximum atomic E-state index is 11.2. The molecule has 1 aromatic heterocycles. The van der Waals surface area contributed by atoms with Crippen molar-refractivity contribution in [2.24, 2.45) is 0 Å². The summed E-state index contributed by atoms with van der Waals surface area (Å²) in [5, 5.41) is 8.19. The van der Waals surface area contributed by atoms with Crippen LogP contribution in [0.3, 0.4) is 0 Å². The van der Waals surface area contributed by atoms with Crippen LogP contribution >= 0.6 is 7.60 Å². The second kappa shape index (κ2) is 8.59. The zero-order valence-corrected chi connectivity index (χ0v) is 18.9. The van der Waals surface area contributed by atoms with Gasteiger partial charge < -0.3 is 14.2 Å². The molecule has 0 radical (unpaired) electrons. The molecule has 0 N–H and O–H groups in total. The molecule has 27 heavy (non-hydrogen) atoms. The molecule has 0 saturated carbocycles. The fourth-order valence-corrected chi connectivity index (χ4v) is 3.15. The number of methoxy groups -OCH3 is 1. The van der Waals surface area contributed by atoms with Crippen molar-refractivity contribution >= 4 is 7.60 Å². The molecule has 1 atom stereocenters. The molecule has 3 aromatic rings. The second-order valence-electron chi connectivity index (χ2n) is 6.01. The van der Waals surface area contributed by atoms with Crippen LogP contribution in [0, 0.1) is 13.8 Å². The molecule has 9 heteroatoms. The Bertz CT molecular complexity index is 983. The quantitative estimate of drug-likeness (QED) is 0.451. The number of benzene rings is 2. The first-order valence-electron chi connectivity index (χ1n) is 7.93. The van der Waals surface area contributed by atoms with Crippen molar-refractivity contribution in [1.82, 2.24) is 15.0 Å². The van der Waals surface area contributed by atoms with Crippen molar-refractivity contribution < 1.29 is 48.3 Å². The van der Waals surface area contributed by atoms with Gasteiger partial charge in [0.2, 0.25) is 0 Å². The maximum Gasteiger partial charge on any atom is 1.00 e. The first-order valence-corrected chi connectivity index (χ1v) is 9.92. The number of aryl methyl sites for hydroxylation is 1. The Kier molecular flexibility index (Phi) is 6.89. The van der Waals surface area contributed by atoms with Crippen molar-refractivity contribution in [2.45, 2.75) is 13.8 Å². The van der Waals surface area contributed by atoms with Gasteiger partial charge in [-0.05, 0) is 55.3 Å². The summed E-state index contributed by atoms with van der Waals surface area (Å²) in [6, 6.07) is 10.6. The Morgan fingerprint density at radius 1 is 1.15 bits per heavy atom. The smallest absolute Gasteiger partial charge is 0.769 e. The van der Waals surface area contributed by atoms with E-state index in [-0.39, 0.29) is 35.3 Å². The Hall–Kier alpha value is -1.63. The molecule has 3 rings (SSSR count). The zero-order valence-electron chi connectivity index (χ0n) is 16.0. The maximum absolute atomic E-state index is 11.2. The van der Waals surface area contributed by atoms with E-state index in [2.05, 4.69) is 10.3 Å². The van der Waals surface area contributed by atoms with Crippen molar-refractivity contribution in [1.29, 1.82) is 0 Å². The Morgan fingerprint density at radius 3 is 2.41 bits per heavy atom. The van der Waals surface area contributed by atoms with Gasteiger partial charge in [0.05, 0.1) is 24.7 Å². The van der Waals surface area contributed by atoms with Gasteiger partial charge in [0.15, 0.2) is 7.60 Å². The molecule has 0 aliphatic rings. The largest absolute Gasteiger partial charge is 1.00 e. The van der Waals surface area contributed by atoms with Crippen LogP contribution in [-0.4, -0.2) is 28.8 Å². The van der Waals surface area contributed by atoms with E-state index >= 15 is 0 Å². The van der Waals surface area contributed by atoms with Crippen LogP contribution in [0.15, 0.2) is 42.6 Å². The molecule has 0 fully saturated rings. The van der Waals surface area contributed by atoms with Crippen molar-refractivity contribution in [2.75, 3.05) is 13.8 Å². The fraction of sp³-hybridized carbons (Fsp3) is 0.222. The molecular weight excluding hydrogens is 376 g/mol. The van der Waals surface area contributed by atoms with E-state index in [0.29, 0.717) is 0 Å². The predicted molar refractivity (Wildman–Crippen MR) is 97.0 cm³/mol. The topological polar surface area (TPSA) is 89.3 Å². The molecule has 1 unspecified atom stereocenters. The van der Waals surface area contributed by atoms with E-state index in [4.69, 9.17) is 9.26 Å². The van der Waals surface area contributed by atoms with Gasteiger partial charge in [0.1, 0.15) is 11.5 Å². The van der Waals surface area contributed by atoms with Crippen LogP contribution in [0.1, 0.15) is 11.1 Å². The Morgan fingerprint density at radius 2 is 1.81 bits per heavy atom. The molecule has 136 valence electrons. The number of rotatable bonds is 5. The third-order valence-electron chi connectivity index (χ3n) is 4.04. The summed E-state index contributed by atoms with van der Waals surface area (Å²) in [5.41, 5.74) is 4.58. The molecular formula is C18H19N3NaO4P. The first kappa shape index (κ1) is 21.7. The van der Waals surface area contributed by atoms with E-state index in [9.17, 15) is 9.46 Å². The number of hydrogen-bond acceptors (Lipinski definition) is 6. The summed E-state index contributed by atoms with van der Waals surface area (Å²) >= 11 is 0. The molecule has 0 bridgehead atoms. The third-order valence-corrected chi connectivity index (χ3v) is 4.58. The number of nitrogens with zero attached hydrogens (tertiary/aromatic N) is 3. The van der Waals surface area contributed by atoms with E-state index in [0.717, 1.165) is 40.5 Å². The van der Waals surface area contributed by atoms with Crippen LogP contribution in [-0.2, 0) is 4.57 Å². The molecule has 7 nitrogen and oxygen atoms in total. The molecule has 0 aliphatic carbocycles. The third kappa shape index (κ3) is 5.00. The average Bonchev–Trinajstić information content (AvgIpc) is 3.06. The molecule has 2 aromatic carbocycles. The van der Waals surface area contributed by atoms with Crippen LogP contribution < -0.4 is 43.7 Å². The van der Waals surface area contributed by atoms with Crippen LogP contribution in [0.2, 0.25) is 0 Å². The van der Waals surface area contributed by atoms with Crippen molar-refractivity contribution in [3.8, 4) is 28.4 Å². The minimum absolute atomic E-state index is 0. The minimum Gasteiger partial charge on any atom is -0.769 e. The van der Waals surface area contributed by atoms with Crippen molar-refractivity contribution in [3.05, 3.63) is 53.7 Å². The van der Waals surface area contributed by atoms with Crippen molar-refractivity contribution in [3.63, 3.8) is 0 Å².